The third-order valence-electron chi connectivity index (χ3n) is 5.02. The molecule has 0 fully saturated rings. The number of halogens is 14. The van der Waals surface area contributed by atoms with Crippen molar-refractivity contribution >= 4 is 10.9 Å². The fourth-order valence-corrected chi connectivity index (χ4v) is 3.18. The van der Waals surface area contributed by atoms with E-state index in [2.05, 4.69) is 0 Å². The zero-order chi connectivity index (χ0) is 26.9. The topological polar surface area (TPSA) is 22.0 Å². The first kappa shape index (κ1) is 27.7. The molecule has 0 aliphatic carbocycles. The number of fused-ring (bicyclic) bond motifs is 1. The van der Waals surface area contributed by atoms with E-state index in [1.54, 1.807) is 0 Å². The summed E-state index contributed by atoms with van der Waals surface area (Å²) in [6.45, 7) is 0.647. The average molecular weight is 523 g/mol. The van der Waals surface area contributed by atoms with Crippen LogP contribution < -0.4 is 5.56 Å². The van der Waals surface area contributed by atoms with Gasteiger partial charge in [-0.1, -0.05) is 6.07 Å². The number of nitrogens with zero attached hydrogens (tertiary/aromatic N) is 1. The zero-order valence-corrected chi connectivity index (χ0v) is 16.6. The Hall–Kier alpha value is -2.55. The average Bonchev–Trinajstić information content (AvgIpc) is 2.65. The molecule has 0 radical (unpaired) electrons. The van der Waals surface area contributed by atoms with Crippen LogP contribution in [0.2, 0.25) is 0 Å². The smallest absolute Gasteiger partial charge is 0.308 e. The Morgan fingerprint density at radius 2 is 1.18 bits per heavy atom. The molecule has 16 heteroatoms. The highest BCUT2D eigenvalue weighted by Gasteiger charge is 2.75. The lowest BCUT2D eigenvalue weighted by Crippen LogP contribution is -2.52. The fourth-order valence-electron chi connectivity index (χ4n) is 3.18. The van der Waals surface area contributed by atoms with Crippen molar-refractivity contribution in [1.82, 2.24) is 4.57 Å². The lowest BCUT2D eigenvalue weighted by molar-refractivity contribution is -0.360. The van der Waals surface area contributed by atoms with Gasteiger partial charge in [0.2, 0.25) is 0 Å². The van der Waals surface area contributed by atoms with E-state index in [9.17, 15) is 66.3 Å². The van der Waals surface area contributed by atoms with E-state index in [4.69, 9.17) is 0 Å². The van der Waals surface area contributed by atoms with Gasteiger partial charge in [0.1, 0.15) is 0 Å². The Kier molecular flexibility index (Phi) is 6.30. The van der Waals surface area contributed by atoms with Crippen LogP contribution in [0.15, 0.2) is 23.0 Å². The van der Waals surface area contributed by atoms with Crippen molar-refractivity contribution < 1.29 is 61.5 Å². The summed E-state index contributed by atoms with van der Waals surface area (Å²) in [5.74, 6) is -25.8. The third kappa shape index (κ3) is 3.68. The van der Waals surface area contributed by atoms with Gasteiger partial charge in [-0.2, -0.15) is 61.5 Å². The minimum Gasteiger partial charge on any atom is -0.308 e. The van der Waals surface area contributed by atoms with Crippen LogP contribution in [0.1, 0.15) is 23.6 Å². The van der Waals surface area contributed by atoms with Gasteiger partial charge in [0.15, 0.2) is 0 Å². The summed E-state index contributed by atoms with van der Waals surface area (Å²) < 4.78 is 186. The Morgan fingerprint density at radius 3 is 1.59 bits per heavy atom. The van der Waals surface area contributed by atoms with Crippen molar-refractivity contribution in [2.45, 2.75) is 56.4 Å². The van der Waals surface area contributed by atoms with E-state index in [-0.39, 0.29) is 16.7 Å². The lowest BCUT2D eigenvalue weighted by atomic mass is 9.92. The molecular weight excluding hydrogens is 512 g/mol. The molecule has 2 nitrogen and oxygen atoms in total. The summed E-state index contributed by atoms with van der Waals surface area (Å²) in [5.41, 5.74) is -8.82. The third-order valence-corrected chi connectivity index (χ3v) is 5.02. The number of hydrogen-bond donors (Lipinski definition) is 0. The Bertz CT molecular complexity index is 1160. The second kappa shape index (κ2) is 7.73. The molecule has 2 aromatic rings. The van der Waals surface area contributed by atoms with Crippen molar-refractivity contribution in [2.24, 2.45) is 0 Å². The molecule has 1 aromatic carbocycles. The summed E-state index contributed by atoms with van der Waals surface area (Å²) in [7, 11) is 0. The molecule has 0 amide bonds. The van der Waals surface area contributed by atoms with Crippen molar-refractivity contribution in [2.75, 3.05) is 0 Å². The van der Waals surface area contributed by atoms with Crippen molar-refractivity contribution in [3.63, 3.8) is 0 Å². The highest BCUT2D eigenvalue weighted by atomic mass is 19.4. The standard InChI is InChI=1S/C18H11F14NO/c1-3-33-10-5-4-8(13(19,20)15(23,24)17(27,28)29)6-9(10)7(2)11(12(33)34)14(21,22)16(25,26)18(30,31)32/h4-6H,3H2,1-2H3. The maximum atomic E-state index is 14.4. The number of benzene rings is 1. The van der Waals surface area contributed by atoms with Gasteiger partial charge in [0.05, 0.1) is 11.1 Å². The van der Waals surface area contributed by atoms with E-state index >= 15 is 0 Å². The number of aryl methyl sites for hydroxylation is 2. The second-order valence-corrected chi connectivity index (χ2v) is 7.07. The highest BCUT2D eigenvalue weighted by molar-refractivity contribution is 5.84. The van der Waals surface area contributed by atoms with Crippen LogP contribution in [0.5, 0.6) is 0 Å². The monoisotopic (exact) mass is 523 g/mol. The zero-order valence-electron chi connectivity index (χ0n) is 16.6. The number of hydrogen-bond acceptors (Lipinski definition) is 1. The van der Waals surface area contributed by atoms with Gasteiger partial charge in [-0.05, 0) is 31.5 Å². The quantitative estimate of drug-likeness (QED) is 0.391. The molecule has 0 atom stereocenters. The highest BCUT2D eigenvalue weighted by Crippen LogP contribution is 2.54. The molecule has 0 spiro atoms. The first-order valence-corrected chi connectivity index (χ1v) is 8.81. The number of rotatable bonds is 5. The second-order valence-electron chi connectivity index (χ2n) is 7.07. The molecule has 0 N–H and O–H groups in total. The molecule has 192 valence electrons. The molecular formula is C18H11F14NO. The van der Waals surface area contributed by atoms with Gasteiger partial charge in [-0.3, -0.25) is 4.79 Å². The van der Waals surface area contributed by atoms with Gasteiger partial charge in [-0.15, -0.1) is 0 Å². The van der Waals surface area contributed by atoms with Crippen molar-refractivity contribution in [3.8, 4) is 0 Å². The minimum absolute atomic E-state index is 0.00909. The van der Waals surface area contributed by atoms with Gasteiger partial charge in [0.25, 0.3) is 5.56 Å². The number of alkyl halides is 14. The Morgan fingerprint density at radius 1 is 0.735 bits per heavy atom. The molecule has 0 bridgehead atoms. The molecule has 2 rings (SSSR count). The van der Waals surface area contributed by atoms with Crippen LogP contribution in [-0.2, 0) is 18.4 Å². The van der Waals surface area contributed by atoms with E-state index in [0.29, 0.717) is 13.0 Å². The van der Waals surface area contributed by atoms with Gasteiger partial charge in [-0.25, -0.2) is 0 Å². The summed E-state index contributed by atoms with van der Waals surface area (Å²) in [5, 5.41) is -1.15. The van der Waals surface area contributed by atoms with Crippen LogP contribution in [0.25, 0.3) is 10.9 Å². The number of pyridine rings is 1. The van der Waals surface area contributed by atoms with E-state index in [0.717, 1.165) is 6.92 Å². The molecule has 1 heterocycles. The van der Waals surface area contributed by atoms with Crippen LogP contribution in [0.3, 0.4) is 0 Å². The van der Waals surface area contributed by atoms with Crippen LogP contribution in [0.4, 0.5) is 61.5 Å². The lowest BCUT2D eigenvalue weighted by Gasteiger charge is -2.30. The van der Waals surface area contributed by atoms with E-state index < -0.39 is 75.7 Å². The molecule has 0 aliphatic heterocycles. The summed E-state index contributed by atoms with van der Waals surface area (Å²) >= 11 is 0. The van der Waals surface area contributed by atoms with Crippen molar-refractivity contribution in [3.05, 3.63) is 45.2 Å². The molecule has 0 saturated heterocycles. The molecule has 34 heavy (non-hydrogen) atoms. The normalized spacial score (nSPS) is 14.7. The number of aromatic nitrogens is 1. The largest absolute Gasteiger partial charge is 0.460 e. The van der Waals surface area contributed by atoms with E-state index in [1.807, 2.05) is 0 Å². The molecule has 0 saturated carbocycles. The summed E-state index contributed by atoms with van der Waals surface area (Å²) in [4.78, 5) is 12.4. The van der Waals surface area contributed by atoms with Gasteiger partial charge < -0.3 is 4.57 Å². The first-order valence-electron chi connectivity index (χ1n) is 8.81. The SMILES string of the molecule is CCn1c(=O)c(C(F)(F)C(F)(F)C(F)(F)F)c(C)c2cc(C(F)(F)C(F)(F)C(F)(F)F)ccc21. The summed E-state index contributed by atoms with van der Waals surface area (Å²) in [6, 6.07) is 0.156. The molecule has 0 unspecified atom stereocenters. The Labute approximate surface area is 179 Å². The van der Waals surface area contributed by atoms with Crippen LogP contribution in [0, 0.1) is 6.92 Å². The van der Waals surface area contributed by atoms with Crippen molar-refractivity contribution in [1.29, 1.82) is 0 Å². The summed E-state index contributed by atoms with van der Waals surface area (Å²) in [6.07, 6.45) is -13.7. The Balaban J connectivity index is 3.00. The maximum Gasteiger partial charge on any atom is 0.460 e. The minimum atomic E-state index is -6.88. The first-order chi connectivity index (χ1) is 15.0. The van der Waals surface area contributed by atoms with E-state index in [1.165, 1.54) is 0 Å². The molecule has 1 aromatic heterocycles. The van der Waals surface area contributed by atoms with Gasteiger partial charge >= 0.3 is 36.0 Å². The van der Waals surface area contributed by atoms with Gasteiger partial charge in [0, 0.05) is 17.5 Å². The van der Waals surface area contributed by atoms with Crippen LogP contribution in [-0.4, -0.2) is 28.8 Å². The predicted octanol–water partition coefficient (Wildman–Crippen LogP) is 6.91. The predicted molar refractivity (Wildman–Crippen MR) is 88.4 cm³/mol. The molecule has 0 aliphatic rings. The fraction of sp³-hybridized carbons (Fsp3) is 0.500. The maximum absolute atomic E-state index is 14.4. The van der Waals surface area contributed by atoms with Crippen LogP contribution >= 0.6 is 0 Å².